The Balaban J connectivity index is 2.20. The fourth-order valence-electron chi connectivity index (χ4n) is 2.34. The molecule has 23 heavy (non-hydrogen) atoms. The van der Waals surface area contributed by atoms with E-state index in [-0.39, 0.29) is 0 Å². The van der Waals surface area contributed by atoms with Crippen LogP contribution in [0.4, 0.5) is 0 Å². The number of allylic oxidation sites excluding steroid dienone is 5. The number of nitrogens with zero attached hydrogens (tertiary/aromatic N) is 1. The highest BCUT2D eigenvalue weighted by Gasteiger charge is 2.07. The summed E-state index contributed by atoms with van der Waals surface area (Å²) in [6.07, 6.45) is 9.29. The lowest BCUT2D eigenvalue weighted by molar-refractivity contribution is 0.647. The van der Waals surface area contributed by atoms with Crippen LogP contribution in [-0.2, 0) is 6.42 Å². The predicted octanol–water partition coefficient (Wildman–Crippen LogP) is 6.54. The molecule has 1 aromatic heterocycles. The van der Waals surface area contributed by atoms with Gasteiger partial charge in [-0.2, -0.15) is 0 Å². The fraction of sp³-hybridized carbons (Fsp3) is 0.286. The summed E-state index contributed by atoms with van der Waals surface area (Å²) in [5, 5.41) is 1.05. The van der Waals surface area contributed by atoms with E-state index in [1.165, 1.54) is 16.0 Å². The smallest absolute Gasteiger partial charge is 0.123 e. The number of hydrogen-bond donors (Lipinski definition) is 0. The van der Waals surface area contributed by atoms with Crippen LogP contribution in [0.5, 0.6) is 0 Å². The monoisotopic (exact) mass is 323 g/mol. The average molecular weight is 324 g/mol. The zero-order chi connectivity index (χ0) is 16.8. The molecule has 0 N–H and O–H groups in total. The third-order valence-corrected chi connectivity index (χ3v) is 4.59. The number of hydrogen-bond acceptors (Lipinski definition) is 2. The first kappa shape index (κ1) is 17.4. The second kappa shape index (κ2) is 8.07. The van der Waals surface area contributed by atoms with Crippen molar-refractivity contribution in [3.05, 3.63) is 71.4 Å². The number of aromatic nitrogens is 1. The first-order valence-corrected chi connectivity index (χ1v) is 8.86. The maximum atomic E-state index is 4.58. The lowest BCUT2D eigenvalue weighted by Crippen LogP contribution is -1.93. The lowest BCUT2D eigenvalue weighted by Gasteiger charge is -2.05. The summed E-state index contributed by atoms with van der Waals surface area (Å²) in [5.74, 6) is 0.688. The van der Waals surface area contributed by atoms with Crippen molar-refractivity contribution in [2.45, 2.75) is 34.1 Å². The highest BCUT2D eigenvalue weighted by Crippen LogP contribution is 2.30. The molecular weight excluding hydrogens is 298 g/mol. The van der Waals surface area contributed by atoms with Crippen molar-refractivity contribution < 1.29 is 0 Å². The quantitative estimate of drug-likeness (QED) is 0.550. The molecule has 0 amide bonds. The molecule has 2 rings (SSSR count). The van der Waals surface area contributed by atoms with Crippen molar-refractivity contribution in [2.24, 2.45) is 5.92 Å². The molecule has 0 unspecified atom stereocenters. The summed E-state index contributed by atoms with van der Waals surface area (Å²) in [7, 11) is 0. The highest BCUT2D eigenvalue weighted by molar-refractivity contribution is 7.16. The van der Waals surface area contributed by atoms with Gasteiger partial charge < -0.3 is 0 Å². The van der Waals surface area contributed by atoms with Gasteiger partial charge in [-0.05, 0) is 37.3 Å². The molecule has 1 aromatic carbocycles. The molecule has 0 saturated carbocycles. The molecule has 0 atom stereocenters. The normalized spacial score (nSPS) is 12.3. The fourth-order valence-corrected chi connectivity index (χ4v) is 3.32. The summed E-state index contributed by atoms with van der Waals surface area (Å²) in [4.78, 5) is 5.79. The number of benzene rings is 1. The van der Waals surface area contributed by atoms with Crippen LogP contribution in [0.3, 0.4) is 0 Å². The van der Waals surface area contributed by atoms with E-state index < -0.39 is 0 Å². The third kappa shape index (κ3) is 5.04. The van der Waals surface area contributed by atoms with Crippen LogP contribution < -0.4 is 0 Å². The largest absolute Gasteiger partial charge is 0.244 e. The Kier molecular flexibility index (Phi) is 6.12. The molecule has 2 aromatic rings. The summed E-state index contributed by atoms with van der Waals surface area (Å²) in [6, 6.07) is 8.86. The molecule has 2 heteroatoms. The lowest BCUT2D eigenvalue weighted by atomic mass is 10.0. The van der Waals surface area contributed by atoms with Gasteiger partial charge in [-0.1, -0.05) is 68.5 Å². The van der Waals surface area contributed by atoms with Crippen LogP contribution in [0.25, 0.3) is 16.0 Å². The number of rotatable bonds is 6. The SMILES string of the molecule is C=C(C)/C=C\C(=C/C)c1ncc(-c2ccc(CC(C)C)cc2)s1. The van der Waals surface area contributed by atoms with Crippen LogP contribution in [0.2, 0.25) is 0 Å². The second-order valence-corrected chi connectivity index (χ2v) is 7.28. The zero-order valence-electron chi connectivity index (χ0n) is 14.5. The van der Waals surface area contributed by atoms with Crippen molar-refractivity contribution in [1.29, 1.82) is 0 Å². The van der Waals surface area contributed by atoms with Crippen molar-refractivity contribution in [3.63, 3.8) is 0 Å². The molecule has 0 aliphatic rings. The Morgan fingerprint density at radius 2 is 1.91 bits per heavy atom. The van der Waals surface area contributed by atoms with Gasteiger partial charge in [-0.15, -0.1) is 11.3 Å². The van der Waals surface area contributed by atoms with E-state index in [0.29, 0.717) is 5.92 Å². The first-order valence-electron chi connectivity index (χ1n) is 8.05. The van der Waals surface area contributed by atoms with Crippen molar-refractivity contribution in [1.82, 2.24) is 4.98 Å². The summed E-state index contributed by atoms with van der Waals surface area (Å²) in [5.41, 5.74) is 4.81. The Morgan fingerprint density at radius 1 is 1.22 bits per heavy atom. The van der Waals surface area contributed by atoms with Crippen LogP contribution in [0, 0.1) is 5.92 Å². The Labute approximate surface area is 144 Å². The van der Waals surface area contributed by atoms with Gasteiger partial charge >= 0.3 is 0 Å². The van der Waals surface area contributed by atoms with Crippen LogP contribution in [-0.4, -0.2) is 4.98 Å². The van der Waals surface area contributed by atoms with Crippen molar-refractivity contribution in [3.8, 4) is 10.4 Å². The van der Waals surface area contributed by atoms with E-state index in [1.807, 2.05) is 26.1 Å². The molecule has 0 aliphatic carbocycles. The van der Waals surface area contributed by atoms with E-state index in [2.05, 4.69) is 61.8 Å². The molecule has 0 fully saturated rings. The van der Waals surface area contributed by atoms with E-state index in [1.54, 1.807) is 11.3 Å². The van der Waals surface area contributed by atoms with Crippen molar-refractivity contribution >= 4 is 16.9 Å². The van der Waals surface area contributed by atoms with Crippen molar-refractivity contribution in [2.75, 3.05) is 0 Å². The molecule has 120 valence electrons. The Morgan fingerprint density at radius 3 is 2.48 bits per heavy atom. The molecule has 0 saturated heterocycles. The zero-order valence-corrected chi connectivity index (χ0v) is 15.3. The van der Waals surface area contributed by atoms with Gasteiger partial charge in [0, 0.05) is 11.8 Å². The molecule has 1 nitrogen and oxygen atoms in total. The van der Waals surface area contributed by atoms with Crippen LogP contribution in [0.15, 0.2) is 60.8 Å². The molecule has 0 radical (unpaired) electrons. The summed E-state index contributed by atoms with van der Waals surface area (Å²) in [6.45, 7) is 12.4. The Bertz CT molecular complexity index is 715. The van der Waals surface area contributed by atoms with Gasteiger partial charge in [0.05, 0.1) is 4.88 Å². The minimum atomic E-state index is 0.688. The first-order chi connectivity index (χ1) is 11.0. The maximum absolute atomic E-state index is 4.58. The highest BCUT2D eigenvalue weighted by atomic mass is 32.1. The van der Waals surface area contributed by atoms with E-state index >= 15 is 0 Å². The van der Waals surface area contributed by atoms with Gasteiger partial charge in [0.25, 0.3) is 0 Å². The van der Waals surface area contributed by atoms with Gasteiger partial charge in [0.2, 0.25) is 0 Å². The van der Waals surface area contributed by atoms with Gasteiger partial charge in [0.15, 0.2) is 0 Å². The van der Waals surface area contributed by atoms with E-state index in [9.17, 15) is 0 Å². The summed E-state index contributed by atoms with van der Waals surface area (Å²) < 4.78 is 0. The standard InChI is InChI=1S/C21H25NS/c1-6-18(10-7-15(2)3)21-22-14-20(23-21)19-11-8-17(9-12-19)13-16(4)5/h6-12,14,16H,2,13H2,1,3-5H3/b10-7-,18-6+. The molecule has 0 spiro atoms. The molecule has 0 aliphatic heterocycles. The van der Waals surface area contributed by atoms with Crippen LogP contribution in [0.1, 0.15) is 38.3 Å². The minimum Gasteiger partial charge on any atom is -0.244 e. The average Bonchev–Trinajstić information content (AvgIpc) is 2.97. The van der Waals surface area contributed by atoms with E-state index in [4.69, 9.17) is 0 Å². The van der Waals surface area contributed by atoms with Gasteiger partial charge in [-0.25, -0.2) is 4.98 Å². The van der Waals surface area contributed by atoms with E-state index in [0.717, 1.165) is 22.6 Å². The third-order valence-electron chi connectivity index (χ3n) is 3.49. The van der Waals surface area contributed by atoms with Crippen LogP contribution >= 0.6 is 11.3 Å². The maximum Gasteiger partial charge on any atom is 0.123 e. The number of thiazole rings is 1. The summed E-state index contributed by atoms with van der Waals surface area (Å²) >= 11 is 1.73. The Hall–Kier alpha value is -1.93. The van der Waals surface area contributed by atoms with Gasteiger partial charge in [-0.3, -0.25) is 0 Å². The second-order valence-electron chi connectivity index (χ2n) is 6.25. The minimum absolute atomic E-state index is 0.688. The predicted molar refractivity (Wildman–Crippen MR) is 104 cm³/mol. The molecule has 1 heterocycles. The van der Waals surface area contributed by atoms with Gasteiger partial charge in [0.1, 0.15) is 5.01 Å². The topological polar surface area (TPSA) is 12.9 Å². The molecular formula is C21H25NS. The molecule has 0 bridgehead atoms.